The fourth-order valence-electron chi connectivity index (χ4n) is 7.22. The minimum absolute atomic E-state index is 0.118. The van der Waals surface area contributed by atoms with Gasteiger partial charge in [-0.05, 0) is 47.4 Å². The number of rotatable bonds is 7. The van der Waals surface area contributed by atoms with Gasteiger partial charge in [-0.15, -0.1) is 0 Å². The second-order valence-corrected chi connectivity index (χ2v) is 11.2. The molecule has 234 valence electrons. The number of non-ortho nitro benzene ring substituents is 1. The van der Waals surface area contributed by atoms with E-state index in [1.165, 1.54) is 31.2 Å². The fourth-order valence-corrected chi connectivity index (χ4v) is 7.22. The number of carbonyl (C=O) groups is 4. The zero-order valence-electron chi connectivity index (χ0n) is 25.4. The monoisotopic (exact) mass is 621 g/mol. The first-order valence-corrected chi connectivity index (χ1v) is 14.9. The summed E-state index contributed by atoms with van der Waals surface area (Å²) < 4.78 is 11.2. The molecule has 1 spiro atoms. The Morgan fingerprint density at radius 3 is 2.04 bits per heavy atom. The first-order chi connectivity index (χ1) is 22.1. The third-order valence-electron chi connectivity index (χ3n) is 8.95. The number of imide groups is 1. The fraction of sp³-hybridized carbons (Fsp3) is 0.257. The second-order valence-electron chi connectivity index (χ2n) is 11.2. The number of ether oxygens (including phenoxy) is 2. The average molecular weight is 622 g/mol. The van der Waals surface area contributed by atoms with Gasteiger partial charge in [0.25, 0.3) is 5.69 Å². The van der Waals surface area contributed by atoms with Crippen molar-refractivity contribution in [2.45, 2.75) is 43.7 Å². The molecule has 1 saturated heterocycles. The van der Waals surface area contributed by atoms with Gasteiger partial charge in [-0.1, -0.05) is 72.8 Å². The van der Waals surface area contributed by atoms with Crippen LogP contribution < -0.4 is 10.2 Å². The maximum absolute atomic E-state index is 15.2. The van der Waals surface area contributed by atoms with Gasteiger partial charge < -0.3 is 9.47 Å². The van der Waals surface area contributed by atoms with E-state index in [1.807, 2.05) is 42.5 Å². The molecule has 3 atom stereocenters. The van der Waals surface area contributed by atoms with Gasteiger partial charge >= 0.3 is 11.9 Å². The van der Waals surface area contributed by atoms with Crippen LogP contribution >= 0.6 is 0 Å². The Hall–Kier alpha value is -5.42. The van der Waals surface area contributed by atoms with E-state index in [9.17, 15) is 24.5 Å². The Morgan fingerprint density at radius 1 is 0.848 bits per heavy atom. The van der Waals surface area contributed by atoms with E-state index < -0.39 is 51.6 Å². The number of nitro benzene ring substituents is 1. The van der Waals surface area contributed by atoms with Crippen LogP contribution in [0.15, 0.2) is 91.0 Å². The van der Waals surface area contributed by atoms with Crippen molar-refractivity contribution in [1.82, 2.24) is 5.32 Å². The number of anilines is 1. The predicted octanol–water partition coefficient (Wildman–Crippen LogP) is 4.87. The van der Waals surface area contributed by atoms with Crippen molar-refractivity contribution in [1.29, 1.82) is 0 Å². The summed E-state index contributed by atoms with van der Waals surface area (Å²) in [5.74, 6) is -4.51. The van der Waals surface area contributed by atoms with E-state index in [4.69, 9.17) is 9.47 Å². The quantitative estimate of drug-likeness (QED) is 0.132. The number of hydrogen-bond donors (Lipinski definition) is 1. The minimum Gasteiger partial charge on any atom is -0.464 e. The average Bonchev–Trinajstić information content (AvgIpc) is 3.52. The highest BCUT2D eigenvalue weighted by Crippen LogP contribution is 2.64. The zero-order valence-corrected chi connectivity index (χ0v) is 25.4. The topological polar surface area (TPSA) is 145 Å². The van der Waals surface area contributed by atoms with Gasteiger partial charge in [-0.3, -0.25) is 25.0 Å². The number of benzene rings is 4. The summed E-state index contributed by atoms with van der Waals surface area (Å²) in [5.41, 5.74) is -3.18. The Kier molecular flexibility index (Phi) is 7.65. The molecular weight excluding hydrogens is 590 g/mol. The summed E-state index contributed by atoms with van der Waals surface area (Å²) in [6.45, 7) is 4.17. The first kappa shape index (κ1) is 30.6. The van der Waals surface area contributed by atoms with Crippen LogP contribution in [0.25, 0.3) is 10.8 Å². The van der Waals surface area contributed by atoms with Crippen LogP contribution in [0.1, 0.15) is 49.4 Å². The van der Waals surface area contributed by atoms with Crippen molar-refractivity contribution >= 4 is 45.9 Å². The number of hydrogen-bond acceptors (Lipinski definition) is 9. The van der Waals surface area contributed by atoms with E-state index in [-0.39, 0.29) is 30.2 Å². The molecule has 6 rings (SSSR count). The molecule has 1 fully saturated rings. The SMILES string of the molecule is CCOC(=O)C1(C(=O)OCC)N[C@H](c2ccc([N+](=O)[O-])cc2)[C@@H](c2ccc3ccccc3c2)[C@]12C(=O)N(C(C)=O)c1ccccc12. The maximum atomic E-state index is 15.2. The highest BCUT2D eigenvalue weighted by Gasteiger charge is 2.80. The highest BCUT2D eigenvalue weighted by atomic mass is 16.6. The molecule has 0 radical (unpaired) electrons. The summed E-state index contributed by atoms with van der Waals surface area (Å²) in [6.07, 6.45) is 0. The number of fused-ring (bicyclic) bond motifs is 3. The third-order valence-corrected chi connectivity index (χ3v) is 8.95. The zero-order chi connectivity index (χ0) is 32.8. The van der Waals surface area contributed by atoms with Crippen molar-refractivity contribution in [3.05, 3.63) is 118 Å². The molecule has 11 heteroatoms. The molecule has 11 nitrogen and oxygen atoms in total. The molecular formula is C35H31N3O8. The number of carbonyl (C=O) groups excluding carboxylic acids is 4. The van der Waals surface area contributed by atoms with Gasteiger partial charge in [0.2, 0.25) is 17.4 Å². The summed E-state index contributed by atoms with van der Waals surface area (Å²) in [7, 11) is 0. The molecule has 0 bridgehead atoms. The molecule has 2 aliphatic rings. The normalized spacial score (nSPS) is 21.3. The molecule has 2 amide bonds. The summed E-state index contributed by atoms with van der Waals surface area (Å²) >= 11 is 0. The van der Waals surface area contributed by atoms with Gasteiger partial charge in [-0.2, -0.15) is 0 Å². The molecule has 0 saturated carbocycles. The van der Waals surface area contributed by atoms with Crippen LogP contribution in [-0.2, 0) is 34.1 Å². The molecule has 4 aromatic rings. The molecule has 2 heterocycles. The molecule has 46 heavy (non-hydrogen) atoms. The molecule has 0 aromatic heterocycles. The van der Waals surface area contributed by atoms with Crippen molar-refractivity contribution in [2.75, 3.05) is 18.1 Å². The molecule has 2 aliphatic heterocycles. The third kappa shape index (κ3) is 4.22. The van der Waals surface area contributed by atoms with Gasteiger partial charge in [0.05, 0.1) is 23.8 Å². The van der Waals surface area contributed by atoms with Crippen molar-refractivity contribution in [2.24, 2.45) is 0 Å². The molecule has 4 aromatic carbocycles. The van der Waals surface area contributed by atoms with Gasteiger partial charge in [0.1, 0.15) is 5.41 Å². The Balaban J connectivity index is 1.77. The predicted molar refractivity (Wildman–Crippen MR) is 168 cm³/mol. The van der Waals surface area contributed by atoms with Crippen LogP contribution in [0, 0.1) is 10.1 Å². The lowest BCUT2D eigenvalue weighted by atomic mass is 9.58. The number of nitrogens with one attached hydrogen (secondary N) is 1. The van der Waals surface area contributed by atoms with Crippen LogP contribution in [-0.4, -0.2) is 47.4 Å². The number of esters is 2. The Labute approximate surface area is 264 Å². The first-order valence-electron chi connectivity index (χ1n) is 14.9. The van der Waals surface area contributed by atoms with Crippen LogP contribution in [0.5, 0.6) is 0 Å². The number of amides is 2. The lowest BCUT2D eigenvalue weighted by Gasteiger charge is -2.40. The van der Waals surface area contributed by atoms with Crippen LogP contribution in [0.4, 0.5) is 11.4 Å². The van der Waals surface area contributed by atoms with Crippen molar-refractivity contribution in [3.63, 3.8) is 0 Å². The van der Waals surface area contributed by atoms with Crippen molar-refractivity contribution in [3.8, 4) is 0 Å². The number of nitrogens with zero attached hydrogens (tertiary/aromatic N) is 2. The molecule has 1 N–H and O–H groups in total. The minimum atomic E-state index is -2.47. The van der Waals surface area contributed by atoms with Crippen LogP contribution in [0.3, 0.4) is 0 Å². The standard InChI is InChI=1S/C35H31N3O8/c1-4-45-32(41)35(33(42)46-5-2)34(27-12-8-9-13-28(27)37(21(3)39)31(34)40)29(25-15-14-22-10-6-7-11-24(22)20-25)30(36-35)23-16-18-26(19-17-23)38(43)44/h6-20,29-30,36H,4-5H2,1-3H3/t29-,30-,34-/m1/s1. The van der Waals surface area contributed by atoms with Gasteiger partial charge in [0.15, 0.2) is 0 Å². The second kappa shape index (κ2) is 11.5. The lowest BCUT2D eigenvalue weighted by molar-refractivity contribution is -0.384. The van der Waals surface area contributed by atoms with Crippen molar-refractivity contribution < 1.29 is 33.6 Å². The number of nitro groups is 1. The van der Waals surface area contributed by atoms with Gasteiger partial charge in [-0.25, -0.2) is 14.5 Å². The summed E-state index contributed by atoms with van der Waals surface area (Å²) in [5, 5.41) is 16.5. The molecule has 0 aliphatic carbocycles. The van der Waals surface area contributed by atoms with E-state index in [0.29, 0.717) is 11.1 Å². The summed E-state index contributed by atoms with van der Waals surface area (Å²) in [6, 6.07) is 24.5. The Morgan fingerprint density at radius 2 is 1.43 bits per heavy atom. The largest absolute Gasteiger partial charge is 0.464 e. The van der Waals surface area contributed by atoms with E-state index >= 15 is 4.79 Å². The van der Waals surface area contributed by atoms with E-state index in [1.54, 1.807) is 38.1 Å². The summed E-state index contributed by atoms with van der Waals surface area (Å²) in [4.78, 5) is 69.3. The smallest absolute Gasteiger partial charge is 0.339 e. The number of para-hydroxylation sites is 1. The van der Waals surface area contributed by atoms with Gasteiger partial charge in [0, 0.05) is 31.0 Å². The molecule has 0 unspecified atom stereocenters. The van der Waals surface area contributed by atoms with Crippen LogP contribution in [0.2, 0.25) is 0 Å². The Bertz CT molecular complexity index is 1890. The highest BCUT2D eigenvalue weighted by molar-refractivity contribution is 6.28. The van der Waals surface area contributed by atoms with E-state index in [0.717, 1.165) is 15.7 Å². The van der Waals surface area contributed by atoms with E-state index in [2.05, 4.69) is 5.32 Å². The lowest BCUT2D eigenvalue weighted by Crippen LogP contribution is -2.70. The maximum Gasteiger partial charge on any atom is 0.339 e.